The SMILES string of the molecule is CO[C@@H]1CC[C@@H]2[C@@H]1OCCN2Cc1ccsc1. The zero-order chi connectivity index (χ0) is 11.7. The van der Waals surface area contributed by atoms with Crippen molar-refractivity contribution in [2.45, 2.75) is 37.6 Å². The molecule has 4 heteroatoms. The Bertz CT molecular complexity index is 354. The lowest BCUT2D eigenvalue weighted by Crippen LogP contribution is -2.51. The Labute approximate surface area is 106 Å². The van der Waals surface area contributed by atoms with E-state index in [4.69, 9.17) is 9.47 Å². The fourth-order valence-electron chi connectivity index (χ4n) is 3.06. The molecule has 2 aliphatic rings. The average molecular weight is 253 g/mol. The topological polar surface area (TPSA) is 21.7 Å². The highest BCUT2D eigenvalue weighted by molar-refractivity contribution is 7.07. The summed E-state index contributed by atoms with van der Waals surface area (Å²) in [5, 5.41) is 4.40. The first-order valence-corrected chi connectivity index (χ1v) is 7.22. The summed E-state index contributed by atoms with van der Waals surface area (Å²) in [4.78, 5) is 2.56. The zero-order valence-electron chi connectivity index (χ0n) is 10.2. The number of thiophene rings is 1. The lowest BCUT2D eigenvalue weighted by molar-refractivity contribution is -0.106. The van der Waals surface area contributed by atoms with Gasteiger partial charge < -0.3 is 9.47 Å². The quantitative estimate of drug-likeness (QED) is 0.823. The lowest BCUT2D eigenvalue weighted by Gasteiger charge is -2.38. The van der Waals surface area contributed by atoms with Crippen LogP contribution in [0.2, 0.25) is 0 Å². The second-order valence-electron chi connectivity index (χ2n) is 4.86. The number of morpholine rings is 1. The molecule has 2 heterocycles. The number of methoxy groups -OCH3 is 1. The van der Waals surface area contributed by atoms with Crippen molar-refractivity contribution in [3.05, 3.63) is 22.4 Å². The Morgan fingerprint density at radius 2 is 2.47 bits per heavy atom. The standard InChI is InChI=1S/C13H19NO2S/c1-15-12-3-2-11-13(12)16-6-5-14(11)8-10-4-7-17-9-10/h4,7,9,11-13H,2-3,5-6,8H2,1H3/t11-,12-,13+/m1/s1. The van der Waals surface area contributed by atoms with Crippen LogP contribution in [0.5, 0.6) is 0 Å². The van der Waals surface area contributed by atoms with E-state index in [1.54, 1.807) is 18.4 Å². The van der Waals surface area contributed by atoms with Gasteiger partial charge in [0.05, 0.1) is 18.8 Å². The third-order valence-corrected chi connectivity index (χ3v) is 4.65. The molecule has 0 unspecified atom stereocenters. The summed E-state index contributed by atoms with van der Waals surface area (Å²) in [5.74, 6) is 0. The van der Waals surface area contributed by atoms with E-state index in [2.05, 4.69) is 21.7 Å². The van der Waals surface area contributed by atoms with Gasteiger partial charge in [-0.1, -0.05) is 0 Å². The first kappa shape index (κ1) is 11.7. The van der Waals surface area contributed by atoms with Gasteiger partial charge in [0.25, 0.3) is 0 Å². The van der Waals surface area contributed by atoms with Crippen LogP contribution in [0.4, 0.5) is 0 Å². The van der Waals surface area contributed by atoms with Crippen LogP contribution in [-0.2, 0) is 16.0 Å². The highest BCUT2D eigenvalue weighted by Gasteiger charge is 2.42. The van der Waals surface area contributed by atoms with Gasteiger partial charge in [0, 0.05) is 26.2 Å². The van der Waals surface area contributed by atoms with Crippen molar-refractivity contribution >= 4 is 11.3 Å². The van der Waals surface area contributed by atoms with Gasteiger partial charge in [-0.25, -0.2) is 0 Å². The Kier molecular flexibility index (Phi) is 3.47. The van der Waals surface area contributed by atoms with Crippen molar-refractivity contribution in [3.63, 3.8) is 0 Å². The summed E-state index contributed by atoms with van der Waals surface area (Å²) in [6, 6.07) is 2.77. The number of hydrogen-bond acceptors (Lipinski definition) is 4. The largest absolute Gasteiger partial charge is 0.379 e. The maximum Gasteiger partial charge on any atom is 0.0991 e. The van der Waals surface area contributed by atoms with Crippen molar-refractivity contribution in [1.29, 1.82) is 0 Å². The molecule has 1 aromatic rings. The summed E-state index contributed by atoms with van der Waals surface area (Å²) < 4.78 is 11.4. The van der Waals surface area contributed by atoms with E-state index in [9.17, 15) is 0 Å². The Balaban J connectivity index is 1.69. The van der Waals surface area contributed by atoms with Gasteiger partial charge in [-0.15, -0.1) is 0 Å². The second-order valence-corrected chi connectivity index (χ2v) is 5.64. The minimum atomic E-state index is 0.285. The van der Waals surface area contributed by atoms with E-state index in [0.29, 0.717) is 12.1 Å². The highest BCUT2D eigenvalue weighted by Crippen LogP contribution is 2.32. The molecule has 3 rings (SSSR count). The number of rotatable bonds is 3. The number of ether oxygens (including phenoxy) is 2. The normalized spacial score (nSPS) is 33.8. The molecule has 0 N–H and O–H groups in total. The molecular weight excluding hydrogens is 234 g/mol. The van der Waals surface area contributed by atoms with Crippen LogP contribution in [0.3, 0.4) is 0 Å². The van der Waals surface area contributed by atoms with E-state index in [-0.39, 0.29) is 6.10 Å². The van der Waals surface area contributed by atoms with Gasteiger partial charge in [-0.3, -0.25) is 4.90 Å². The molecule has 0 spiro atoms. The monoisotopic (exact) mass is 253 g/mol. The van der Waals surface area contributed by atoms with Crippen LogP contribution in [0.1, 0.15) is 18.4 Å². The molecule has 3 nitrogen and oxygen atoms in total. The molecule has 1 saturated heterocycles. The maximum absolute atomic E-state index is 5.89. The third kappa shape index (κ3) is 2.27. The Morgan fingerprint density at radius 3 is 3.24 bits per heavy atom. The van der Waals surface area contributed by atoms with Gasteiger partial charge in [0.2, 0.25) is 0 Å². The predicted octanol–water partition coefficient (Wildman–Crippen LogP) is 2.13. The van der Waals surface area contributed by atoms with Gasteiger partial charge in [0.15, 0.2) is 0 Å². The van der Waals surface area contributed by atoms with Crippen molar-refractivity contribution in [2.75, 3.05) is 20.3 Å². The fraction of sp³-hybridized carbons (Fsp3) is 0.692. The first-order valence-electron chi connectivity index (χ1n) is 6.28. The van der Waals surface area contributed by atoms with Crippen molar-refractivity contribution in [2.24, 2.45) is 0 Å². The van der Waals surface area contributed by atoms with Gasteiger partial charge in [-0.05, 0) is 35.2 Å². The molecule has 0 bridgehead atoms. The van der Waals surface area contributed by atoms with Crippen LogP contribution < -0.4 is 0 Å². The van der Waals surface area contributed by atoms with E-state index >= 15 is 0 Å². The molecule has 17 heavy (non-hydrogen) atoms. The smallest absolute Gasteiger partial charge is 0.0991 e. The van der Waals surface area contributed by atoms with Gasteiger partial charge in [-0.2, -0.15) is 11.3 Å². The van der Waals surface area contributed by atoms with Crippen LogP contribution in [0, 0.1) is 0 Å². The molecule has 94 valence electrons. The van der Waals surface area contributed by atoms with Crippen LogP contribution >= 0.6 is 11.3 Å². The van der Waals surface area contributed by atoms with Crippen molar-refractivity contribution < 1.29 is 9.47 Å². The molecule has 1 aliphatic carbocycles. The molecule has 0 radical (unpaired) electrons. The van der Waals surface area contributed by atoms with Crippen molar-refractivity contribution in [1.82, 2.24) is 4.90 Å². The molecular formula is C13H19NO2S. The fourth-order valence-corrected chi connectivity index (χ4v) is 3.72. The molecule has 1 aliphatic heterocycles. The average Bonchev–Trinajstić information content (AvgIpc) is 2.97. The number of fused-ring (bicyclic) bond motifs is 1. The Hall–Kier alpha value is -0.420. The molecule has 0 amide bonds. The summed E-state index contributed by atoms with van der Waals surface area (Å²) in [7, 11) is 1.80. The summed E-state index contributed by atoms with van der Waals surface area (Å²) in [6.07, 6.45) is 2.91. The van der Waals surface area contributed by atoms with Crippen LogP contribution in [0.15, 0.2) is 16.8 Å². The summed E-state index contributed by atoms with van der Waals surface area (Å²) >= 11 is 1.78. The van der Waals surface area contributed by atoms with Crippen LogP contribution in [0.25, 0.3) is 0 Å². The van der Waals surface area contributed by atoms with E-state index in [0.717, 1.165) is 26.1 Å². The Morgan fingerprint density at radius 1 is 1.53 bits per heavy atom. The van der Waals surface area contributed by atoms with Gasteiger partial charge >= 0.3 is 0 Å². The van der Waals surface area contributed by atoms with E-state index < -0.39 is 0 Å². The lowest BCUT2D eigenvalue weighted by atomic mass is 10.1. The minimum absolute atomic E-state index is 0.285. The first-order chi connectivity index (χ1) is 8.38. The molecule has 1 aromatic heterocycles. The summed E-state index contributed by atoms with van der Waals surface area (Å²) in [6.45, 7) is 2.95. The highest BCUT2D eigenvalue weighted by atomic mass is 32.1. The number of hydrogen-bond donors (Lipinski definition) is 0. The van der Waals surface area contributed by atoms with Gasteiger partial charge in [0.1, 0.15) is 0 Å². The molecule has 0 aromatic carbocycles. The maximum atomic E-state index is 5.89. The number of nitrogens with zero attached hydrogens (tertiary/aromatic N) is 1. The van der Waals surface area contributed by atoms with E-state index in [1.807, 2.05) is 0 Å². The second kappa shape index (κ2) is 5.06. The molecule has 2 fully saturated rings. The van der Waals surface area contributed by atoms with Crippen LogP contribution in [-0.4, -0.2) is 43.4 Å². The minimum Gasteiger partial charge on any atom is -0.379 e. The molecule has 1 saturated carbocycles. The third-order valence-electron chi connectivity index (χ3n) is 3.92. The molecule has 3 atom stereocenters. The summed E-state index contributed by atoms with van der Waals surface area (Å²) in [5.41, 5.74) is 1.43. The zero-order valence-corrected chi connectivity index (χ0v) is 11.0. The van der Waals surface area contributed by atoms with Crippen molar-refractivity contribution in [3.8, 4) is 0 Å². The predicted molar refractivity (Wildman–Crippen MR) is 68.3 cm³/mol. The van der Waals surface area contributed by atoms with E-state index in [1.165, 1.54) is 12.0 Å².